The van der Waals surface area contributed by atoms with Crippen molar-refractivity contribution in [3.63, 3.8) is 0 Å². The number of hydrogen-bond acceptors (Lipinski definition) is 3. The van der Waals surface area contributed by atoms with Gasteiger partial charge in [0.2, 0.25) is 0 Å². The van der Waals surface area contributed by atoms with Gasteiger partial charge >= 0.3 is 0 Å². The number of fused-ring (bicyclic) bond motifs is 1. The van der Waals surface area contributed by atoms with Crippen molar-refractivity contribution in [2.45, 2.75) is 101 Å². The minimum atomic E-state index is -0.417. The van der Waals surface area contributed by atoms with Crippen LogP contribution in [0.25, 0.3) is 22.0 Å². The normalized spacial score (nSPS) is 13.0. The van der Waals surface area contributed by atoms with Gasteiger partial charge in [-0.25, -0.2) is 0 Å². The van der Waals surface area contributed by atoms with Gasteiger partial charge in [-0.05, 0) is 51.9 Å². The summed E-state index contributed by atoms with van der Waals surface area (Å²) < 4.78 is 0. The van der Waals surface area contributed by atoms with Crippen molar-refractivity contribution >= 4 is 16.6 Å². The van der Waals surface area contributed by atoms with Gasteiger partial charge in [0.25, 0.3) is 0 Å². The van der Waals surface area contributed by atoms with Gasteiger partial charge in [0.1, 0.15) is 5.76 Å². The molecule has 1 N–H and O–H groups in total. The quantitative estimate of drug-likeness (QED) is 0.163. The van der Waals surface area contributed by atoms with Crippen LogP contribution in [0.1, 0.15) is 110 Å². The van der Waals surface area contributed by atoms with E-state index in [1.165, 1.54) is 33.5 Å². The molecular weight excluding hydrogens is 659 g/mol. The molecule has 0 aliphatic heterocycles. The van der Waals surface area contributed by atoms with Crippen LogP contribution in [0.2, 0.25) is 0 Å². The van der Waals surface area contributed by atoms with E-state index in [-0.39, 0.29) is 37.1 Å². The Kier molecular flexibility index (Phi) is 12.3. The third-order valence-electron chi connectivity index (χ3n) is 6.92. The molecule has 0 saturated heterocycles. The molecule has 1 radical (unpaired) electrons. The van der Waals surface area contributed by atoms with Gasteiger partial charge in [-0.3, -0.25) is 4.79 Å². The summed E-state index contributed by atoms with van der Waals surface area (Å²) in [6, 6.07) is 14.6. The van der Waals surface area contributed by atoms with Gasteiger partial charge in [-0.2, -0.15) is 0 Å². The Hall–Kier alpha value is -2.29. The summed E-state index contributed by atoms with van der Waals surface area (Å²) in [4.78, 5) is 16.2. The van der Waals surface area contributed by atoms with Gasteiger partial charge in [0.15, 0.2) is 5.78 Å². The zero-order valence-corrected chi connectivity index (χ0v) is 28.4. The minimum Gasteiger partial charge on any atom is -0.512 e. The Bertz CT molecular complexity index is 1290. The summed E-state index contributed by atoms with van der Waals surface area (Å²) in [5.41, 5.74) is 6.74. The van der Waals surface area contributed by atoms with Crippen molar-refractivity contribution in [3.05, 3.63) is 76.7 Å². The largest absolute Gasteiger partial charge is 0.512 e. The molecule has 0 aliphatic carbocycles. The predicted octanol–water partition coefficient (Wildman–Crippen LogP) is 10.0. The van der Waals surface area contributed by atoms with Gasteiger partial charge < -0.3 is 10.1 Å². The average molecular weight is 707 g/mol. The summed E-state index contributed by atoms with van der Waals surface area (Å²) in [7, 11) is 0. The molecule has 39 heavy (non-hydrogen) atoms. The maximum atomic E-state index is 11.5. The second-order valence-corrected chi connectivity index (χ2v) is 12.9. The van der Waals surface area contributed by atoms with E-state index < -0.39 is 5.41 Å². The number of rotatable bonds is 5. The molecule has 1 atom stereocenters. The van der Waals surface area contributed by atoms with E-state index in [0.29, 0.717) is 11.8 Å². The number of aliphatic hydroxyl groups is 1. The molecule has 1 aromatic heterocycles. The summed E-state index contributed by atoms with van der Waals surface area (Å²) in [5, 5.41) is 12.1. The summed E-state index contributed by atoms with van der Waals surface area (Å²) in [6.45, 7) is 24.5. The molecule has 0 spiro atoms. The second kappa shape index (κ2) is 13.9. The Labute approximate surface area is 250 Å². The van der Waals surface area contributed by atoms with Gasteiger partial charge in [0, 0.05) is 43.2 Å². The smallest absolute Gasteiger partial charge is 0.164 e. The first-order valence-electron chi connectivity index (χ1n) is 13.8. The van der Waals surface area contributed by atoms with Crippen LogP contribution in [0.3, 0.4) is 0 Å². The van der Waals surface area contributed by atoms with Crippen LogP contribution in [0.5, 0.6) is 0 Å². The van der Waals surface area contributed by atoms with Gasteiger partial charge in [-0.15, -0.1) is 34.9 Å². The number of pyridine rings is 1. The first kappa shape index (κ1) is 34.7. The molecule has 1 unspecified atom stereocenters. The SMILES string of the molecule is CC(C)(C)C(=O)/C=C(\O)C(C)(C)C.CCC(C)c1ccc2c(-c3[c-]c(C)cc(C)c3)nccc2c1C(C)C.[Ir]. The van der Waals surface area contributed by atoms with Crippen molar-refractivity contribution in [3.8, 4) is 11.3 Å². The number of aryl methyl sites for hydroxylation is 2. The summed E-state index contributed by atoms with van der Waals surface area (Å²) in [5.74, 6) is 1.17. The molecule has 4 heteroatoms. The molecule has 215 valence electrons. The van der Waals surface area contributed by atoms with Crippen molar-refractivity contribution < 1.29 is 30.0 Å². The monoisotopic (exact) mass is 707 g/mol. The van der Waals surface area contributed by atoms with E-state index in [1.54, 1.807) is 0 Å². The average Bonchev–Trinajstić information content (AvgIpc) is 2.80. The predicted molar refractivity (Wildman–Crippen MR) is 163 cm³/mol. The van der Waals surface area contributed by atoms with Crippen LogP contribution in [0, 0.1) is 30.7 Å². The molecule has 2 aromatic carbocycles. The van der Waals surface area contributed by atoms with Crippen molar-refractivity contribution in [1.29, 1.82) is 0 Å². The van der Waals surface area contributed by atoms with Crippen molar-refractivity contribution in [2.24, 2.45) is 10.8 Å². The van der Waals surface area contributed by atoms with Gasteiger partial charge in [-0.1, -0.05) is 95.2 Å². The first-order chi connectivity index (χ1) is 17.5. The van der Waals surface area contributed by atoms with E-state index in [9.17, 15) is 9.90 Å². The van der Waals surface area contributed by atoms with E-state index in [4.69, 9.17) is 4.98 Å². The molecule has 3 rings (SSSR count). The van der Waals surface area contributed by atoms with Gasteiger partial charge in [0.05, 0.1) is 0 Å². The summed E-state index contributed by atoms with van der Waals surface area (Å²) in [6.07, 6.45) is 4.45. The standard InChI is InChI=1S/C24H28N.C11H20O2.Ir/c1-7-18(6)20-8-9-22-21(23(20)15(2)3)10-11-25-24(22)19-13-16(4)12-17(5)14-19;1-10(2,3)8(12)7-9(13)11(4,5)6;/h8-13,15,18H,7H2,1-6H3;7,12H,1-6H3;/q-1;;/b;8-7-;. The van der Waals surface area contributed by atoms with Crippen LogP contribution >= 0.6 is 0 Å². The molecule has 0 aliphatic rings. The van der Waals surface area contributed by atoms with Crippen LogP contribution in [0.15, 0.2) is 48.4 Å². The second-order valence-electron chi connectivity index (χ2n) is 12.9. The number of benzene rings is 2. The number of aromatic nitrogens is 1. The molecule has 0 amide bonds. The molecule has 0 fully saturated rings. The molecule has 3 aromatic rings. The fourth-order valence-corrected chi connectivity index (χ4v) is 4.38. The Morgan fingerprint density at radius 3 is 2.08 bits per heavy atom. The zero-order chi connectivity index (χ0) is 29.0. The molecular formula is C35H48IrNO2-. The van der Waals surface area contributed by atoms with E-state index in [1.807, 2.05) is 47.7 Å². The number of carbonyl (C=O) groups excluding carboxylic acids is 1. The molecule has 1 heterocycles. The molecule has 0 bridgehead atoms. The minimum absolute atomic E-state index is 0. The number of aliphatic hydroxyl groups excluding tert-OH is 1. The first-order valence-corrected chi connectivity index (χ1v) is 13.8. The maximum absolute atomic E-state index is 11.5. The van der Waals surface area contributed by atoms with Crippen molar-refractivity contribution in [2.75, 3.05) is 0 Å². The van der Waals surface area contributed by atoms with E-state index in [2.05, 4.69) is 77.9 Å². The topological polar surface area (TPSA) is 50.2 Å². The number of hydrogen-bond donors (Lipinski definition) is 1. The van der Waals surface area contributed by atoms with Crippen LogP contribution in [-0.2, 0) is 24.9 Å². The summed E-state index contributed by atoms with van der Waals surface area (Å²) >= 11 is 0. The Morgan fingerprint density at radius 1 is 0.974 bits per heavy atom. The zero-order valence-electron chi connectivity index (χ0n) is 26.0. The number of carbonyl (C=O) groups is 1. The van der Waals surface area contributed by atoms with Crippen molar-refractivity contribution in [1.82, 2.24) is 4.98 Å². The number of nitrogens with zero attached hydrogens (tertiary/aromatic N) is 1. The van der Waals surface area contributed by atoms with Crippen LogP contribution in [-0.4, -0.2) is 15.9 Å². The number of allylic oxidation sites excluding steroid dienone is 2. The Morgan fingerprint density at radius 2 is 1.59 bits per heavy atom. The van der Waals surface area contributed by atoms with Crippen LogP contribution in [0.4, 0.5) is 0 Å². The third kappa shape index (κ3) is 9.12. The third-order valence-corrected chi connectivity index (χ3v) is 6.92. The fraction of sp³-hybridized carbons (Fsp3) is 0.486. The number of ketones is 1. The van der Waals surface area contributed by atoms with E-state index >= 15 is 0 Å². The maximum Gasteiger partial charge on any atom is 0.164 e. The molecule has 3 nitrogen and oxygen atoms in total. The fourth-order valence-electron chi connectivity index (χ4n) is 4.38. The van der Waals surface area contributed by atoms with E-state index in [0.717, 1.165) is 23.2 Å². The van der Waals surface area contributed by atoms with Crippen LogP contribution < -0.4 is 0 Å². The Balaban J connectivity index is 0.000000466. The molecule has 0 saturated carbocycles.